The van der Waals surface area contributed by atoms with E-state index in [0.29, 0.717) is 109 Å². The highest BCUT2D eigenvalue weighted by atomic mass is 16.5. The molecule has 1 aliphatic heterocycles. The van der Waals surface area contributed by atoms with Crippen molar-refractivity contribution in [3.8, 4) is 0 Å². The van der Waals surface area contributed by atoms with Crippen molar-refractivity contribution in [2.45, 2.75) is 38.9 Å². The molecule has 5 aromatic rings. The van der Waals surface area contributed by atoms with Gasteiger partial charge in [0.05, 0.1) is 82.5 Å². The van der Waals surface area contributed by atoms with Crippen molar-refractivity contribution in [1.82, 2.24) is 25.1 Å². The van der Waals surface area contributed by atoms with Crippen molar-refractivity contribution < 1.29 is 48.3 Å². The number of carboxylic acids is 2. The fourth-order valence-electron chi connectivity index (χ4n) is 8.02. The Balaban J connectivity index is 1.11. The molecule has 1 fully saturated rings. The van der Waals surface area contributed by atoms with E-state index in [-0.39, 0.29) is 36.2 Å². The van der Waals surface area contributed by atoms with Crippen molar-refractivity contribution in [2.24, 2.45) is 0 Å². The molecule has 1 unspecified atom stereocenters. The van der Waals surface area contributed by atoms with Gasteiger partial charge >= 0.3 is 11.9 Å². The highest BCUT2D eigenvalue weighted by molar-refractivity contribution is 5.97. The molecule has 3 aromatic carbocycles. The third-order valence-corrected chi connectivity index (χ3v) is 11.6. The van der Waals surface area contributed by atoms with Crippen LogP contribution in [0.1, 0.15) is 84.4 Å². The Labute approximate surface area is 403 Å². The van der Waals surface area contributed by atoms with Gasteiger partial charge < -0.3 is 39.4 Å². The topological polar surface area (TPSA) is 193 Å². The van der Waals surface area contributed by atoms with Crippen LogP contribution in [0.15, 0.2) is 116 Å². The van der Waals surface area contributed by atoms with Gasteiger partial charge in [-0.15, -0.1) is 0 Å². The second kappa shape index (κ2) is 27.4. The van der Waals surface area contributed by atoms with Crippen molar-refractivity contribution in [3.05, 3.63) is 166 Å². The molecule has 1 aliphatic rings. The van der Waals surface area contributed by atoms with Crippen molar-refractivity contribution in [2.75, 3.05) is 90.5 Å². The molecule has 0 bridgehead atoms. The zero-order valence-corrected chi connectivity index (χ0v) is 39.2. The third-order valence-electron chi connectivity index (χ3n) is 11.6. The molecule has 2 amide bonds. The lowest BCUT2D eigenvalue weighted by Crippen LogP contribution is -2.37. The summed E-state index contributed by atoms with van der Waals surface area (Å²) in [5, 5.41) is 22.2. The molecule has 69 heavy (non-hydrogen) atoms. The number of nitrogens with zero attached hydrogens (tertiary/aromatic N) is 5. The Kier molecular flexibility index (Phi) is 20.5. The normalized spacial score (nSPS) is 15.5. The molecule has 1 saturated heterocycles. The van der Waals surface area contributed by atoms with Crippen LogP contribution in [0.3, 0.4) is 0 Å². The maximum atomic E-state index is 13.9. The molecule has 364 valence electrons. The van der Waals surface area contributed by atoms with Crippen molar-refractivity contribution in [3.63, 3.8) is 0 Å². The van der Waals surface area contributed by atoms with Crippen LogP contribution in [0.25, 0.3) is 6.08 Å². The van der Waals surface area contributed by atoms with E-state index in [2.05, 4.69) is 44.7 Å². The first-order chi connectivity index (χ1) is 33.6. The lowest BCUT2D eigenvalue weighted by atomic mass is 9.99. The van der Waals surface area contributed by atoms with E-state index in [0.717, 1.165) is 34.4 Å². The van der Waals surface area contributed by atoms with Crippen LogP contribution < -0.4 is 10.2 Å². The van der Waals surface area contributed by atoms with Gasteiger partial charge in [0.15, 0.2) is 0 Å². The van der Waals surface area contributed by atoms with E-state index < -0.39 is 18.0 Å². The quantitative estimate of drug-likeness (QED) is 0.0984. The summed E-state index contributed by atoms with van der Waals surface area (Å²) in [6.45, 7) is 11.8. The number of hydrogen-bond acceptors (Lipinski definition) is 12. The SMILES string of the molecule is C=Cc1ccccc1N(Cc1ccccc1CC)C(=O)CCNC(=O)c1ccc(C(c2cccc(C(=O)O)n2)N2CCOCCOCCN(Cc3cccc(C(=O)O)n3)CCOCCOCC2)cc1. The minimum atomic E-state index is -1.15. The van der Waals surface area contributed by atoms with Crippen LogP contribution in [0.5, 0.6) is 0 Å². The first kappa shape index (κ1) is 51.7. The molecule has 0 aliphatic carbocycles. The molecule has 16 heteroatoms. The number of rotatable bonds is 16. The third kappa shape index (κ3) is 15.7. The zero-order chi connectivity index (χ0) is 48.8. The molecule has 0 saturated carbocycles. The molecule has 0 spiro atoms. The number of carbonyl (C=O) groups excluding carboxylic acids is 2. The number of aromatic nitrogens is 2. The maximum Gasteiger partial charge on any atom is 0.354 e. The summed E-state index contributed by atoms with van der Waals surface area (Å²) in [7, 11) is 0. The number of anilines is 1. The maximum absolute atomic E-state index is 13.9. The Morgan fingerprint density at radius 1 is 0.696 bits per heavy atom. The minimum absolute atomic E-state index is 0.00875. The van der Waals surface area contributed by atoms with Crippen molar-refractivity contribution in [1.29, 1.82) is 0 Å². The second-order valence-electron chi connectivity index (χ2n) is 16.2. The van der Waals surface area contributed by atoms with Gasteiger partial charge in [0.25, 0.3) is 5.91 Å². The molecular formula is C53H62N6O10. The number of nitrogens with one attached hydrogen (secondary N) is 1. The molecule has 1 atom stereocenters. The van der Waals surface area contributed by atoms with Gasteiger partial charge in [0, 0.05) is 51.3 Å². The van der Waals surface area contributed by atoms with E-state index in [1.54, 1.807) is 47.4 Å². The Hall–Kier alpha value is -6.66. The van der Waals surface area contributed by atoms with E-state index in [9.17, 15) is 29.4 Å². The highest BCUT2D eigenvalue weighted by Gasteiger charge is 2.26. The Morgan fingerprint density at radius 2 is 1.28 bits per heavy atom. The van der Waals surface area contributed by atoms with Gasteiger partial charge in [-0.1, -0.05) is 86.3 Å². The summed E-state index contributed by atoms with van der Waals surface area (Å²) in [5.41, 5.74) is 5.97. The standard InChI is InChI=1S/C53H62N6O10/c1-3-39-11-5-6-13-43(39)37-59(48-18-8-7-12-40(48)4-2)49(60)23-24-54-51(61)42-21-19-41(20-22-42)50(45-15-10-17-47(56-45)53(64)65)58-27-31-68-35-33-66-29-25-57(26-30-67-34-36-69-32-28-58)38-44-14-9-16-46(55-44)52(62)63/h4-22,50H,2-3,23-38H2,1H3,(H,54,61)(H,62,63)(H,64,65). The van der Waals surface area contributed by atoms with E-state index in [1.807, 2.05) is 54.6 Å². The van der Waals surface area contributed by atoms with Crippen LogP contribution in [-0.4, -0.2) is 139 Å². The average molecular weight is 943 g/mol. The number of aryl methyl sites for hydroxylation is 1. The lowest BCUT2D eigenvalue weighted by molar-refractivity contribution is -0.118. The zero-order valence-electron chi connectivity index (χ0n) is 39.2. The molecule has 3 heterocycles. The summed E-state index contributed by atoms with van der Waals surface area (Å²) >= 11 is 0. The monoisotopic (exact) mass is 942 g/mol. The summed E-state index contributed by atoms with van der Waals surface area (Å²) < 4.78 is 23.9. The van der Waals surface area contributed by atoms with Crippen molar-refractivity contribution >= 4 is 35.5 Å². The number of para-hydroxylation sites is 1. The van der Waals surface area contributed by atoms with Gasteiger partial charge in [0.1, 0.15) is 11.4 Å². The fraction of sp³-hybridized carbons (Fsp3) is 0.358. The van der Waals surface area contributed by atoms with E-state index in [1.165, 1.54) is 12.1 Å². The van der Waals surface area contributed by atoms with Gasteiger partial charge in [0.2, 0.25) is 5.91 Å². The number of carbonyl (C=O) groups is 4. The van der Waals surface area contributed by atoms with Gasteiger partial charge in [-0.3, -0.25) is 19.4 Å². The summed E-state index contributed by atoms with van der Waals surface area (Å²) in [6, 6.07) is 32.1. The minimum Gasteiger partial charge on any atom is -0.477 e. The first-order valence-electron chi connectivity index (χ1n) is 23.3. The Morgan fingerprint density at radius 3 is 1.90 bits per heavy atom. The number of benzene rings is 3. The van der Waals surface area contributed by atoms with Gasteiger partial charge in [-0.05, 0) is 71.1 Å². The van der Waals surface area contributed by atoms with E-state index >= 15 is 0 Å². The van der Waals surface area contributed by atoms with Gasteiger partial charge in [-0.25, -0.2) is 19.6 Å². The molecule has 2 aromatic heterocycles. The Bertz CT molecular complexity index is 2450. The fourth-order valence-corrected chi connectivity index (χ4v) is 8.02. The second-order valence-corrected chi connectivity index (χ2v) is 16.2. The predicted octanol–water partition coefficient (Wildman–Crippen LogP) is 6.41. The van der Waals surface area contributed by atoms with Gasteiger partial charge in [-0.2, -0.15) is 0 Å². The number of carboxylic acid groups (broad SMARTS) is 2. The predicted molar refractivity (Wildman–Crippen MR) is 261 cm³/mol. The summed E-state index contributed by atoms with van der Waals surface area (Å²) in [5.74, 6) is -2.72. The lowest BCUT2D eigenvalue weighted by Gasteiger charge is -2.32. The molecular weight excluding hydrogens is 881 g/mol. The molecule has 16 nitrogen and oxygen atoms in total. The molecule has 6 rings (SSSR count). The number of hydrogen-bond donors (Lipinski definition) is 3. The summed E-state index contributed by atoms with van der Waals surface area (Å²) in [4.78, 5) is 65.9. The number of aromatic carboxylic acids is 2. The molecule has 3 N–H and O–H groups in total. The van der Waals surface area contributed by atoms with Crippen LogP contribution in [-0.2, 0) is 43.3 Å². The highest BCUT2D eigenvalue weighted by Crippen LogP contribution is 2.29. The number of pyridine rings is 2. The first-order valence-corrected chi connectivity index (χ1v) is 23.3. The number of amides is 2. The van der Waals surface area contributed by atoms with Crippen LogP contribution in [0, 0.1) is 0 Å². The smallest absolute Gasteiger partial charge is 0.354 e. The number of ether oxygens (including phenoxy) is 4. The molecule has 0 radical (unpaired) electrons. The van der Waals surface area contributed by atoms with Crippen LogP contribution in [0.4, 0.5) is 5.69 Å². The average Bonchev–Trinajstić information content (AvgIpc) is 3.37. The van der Waals surface area contributed by atoms with Crippen LogP contribution >= 0.6 is 0 Å². The van der Waals surface area contributed by atoms with Crippen LogP contribution in [0.2, 0.25) is 0 Å². The largest absolute Gasteiger partial charge is 0.477 e. The summed E-state index contributed by atoms with van der Waals surface area (Å²) in [6.07, 6.45) is 2.63. The van der Waals surface area contributed by atoms with E-state index in [4.69, 9.17) is 18.9 Å².